The van der Waals surface area contributed by atoms with Crippen LogP contribution in [0.3, 0.4) is 0 Å². The second-order valence-corrected chi connectivity index (χ2v) is 9.57. The van der Waals surface area contributed by atoms with Crippen molar-refractivity contribution in [3.05, 3.63) is 89.8 Å². The first kappa shape index (κ1) is 25.5. The normalized spacial score (nSPS) is 10.9. The molecule has 0 fully saturated rings. The van der Waals surface area contributed by atoms with E-state index in [1.54, 1.807) is 18.2 Å². The average molecular weight is 578 g/mol. The van der Waals surface area contributed by atoms with Crippen molar-refractivity contribution in [3.63, 3.8) is 0 Å². The molecule has 3 rings (SSSR count). The Labute approximate surface area is 217 Å². The van der Waals surface area contributed by atoms with Crippen molar-refractivity contribution in [2.24, 2.45) is 0 Å². The van der Waals surface area contributed by atoms with Crippen molar-refractivity contribution < 1.29 is 9.47 Å². The molecule has 0 aliphatic heterocycles. The van der Waals surface area contributed by atoms with Crippen LogP contribution in [0.2, 0.25) is 20.1 Å². The van der Waals surface area contributed by atoms with Crippen LogP contribution >= 0.6 is 62.3 Å². The first-order valence-corrected chi connectivity index (χ1v) is 12.3. The molecule has 3 nitrogen and oxygen atoms in total. The second-order valence-electron chi connectivity index (χ2n) is 7.02. The minimum absolute atomic E-state index is 0.300. The number of halogens is 5. The Bertz CT molecular complexity index is 1080. The van der Waals surface area contributed by atoms with Crippen LogP contribution in [0.15, 0.2) is 53.0 Å². The molecule has 0 bridgehead atoms. The van der Waals surface area contributed by atoms with Gasteiger partial charge in [-0.05, 0) is 83.3 Å². The van der Waals surface area contributed by atoms with Gasteiger partial charge < -0.3 is 14.8 Å². The van der Waals surface area contributed by atoms with E-state index >= 15 is 0 Å². The predicted octanol–water partition coefficient (Wildman–Crippen LogP) is 8.37. The lowest BCUT2D eigenvalue weighted by molar-refractivity contribution is 0.267. The lowest BCUT2D eigenvalue weighted by Crippen LogP contribution is -2.17. The van der Waals surface area contributed by atoms with Crippen LogP contribution in [-0.2, 0) is 19.6 Å². The summed E-state index contributed by atoms with van der Waals surface area (Å²) in [5.74, 6) is 1.30. The van der Waals surface area contributed by atoms with E-state index in [-0.39, 0.29) is 0 Å². The quantitative estimate of drug-likeness (QED) is 0.246. The maximum atomic E-state index is 6.26. The van der Waals surface area contributed by atoms with Crippen LogP contribution in [0, 0.1) is 0 Å². The van der Waals surface area contributed by atoms with Crippen LogP contribution in [0.5, 0.6) is 11.5 Å². The van der Waals surface area contributed by atoms with E-state index in [1.165, 1.54) is 0 Å². The Morgan fingerprint density at radius 3 is 2.12 bits per heavy atom. The Kier molecular flexibility index (Phi) is 9.84. The minimum atomic E-state index is 0.300. The topological polar surface area (TPSA) is 30.5 Å². The van der Waals surface area contributed by atoms with Crippen molar-refractivity contribution >= 4 is 62.3 Å². The number of rotatable bonds is 10. The molecular formula is C24H22BrCl4NO2. The number of nitrogens with one attached hydrogen (secondary N) is 1. The lowest BCUT2D eigenvalue weighted by Gasteiger charge is -2.16. The summed E-state index contributed by atoms with van der Waals surface area (Å²) < 4.78 is 12.7. The van der Waals surface area contributed by atoms with E-state index in [9.17, 15) is 0 Å². The number of ether oxygens (including phenoxy) is 2. The monoisotopic (exact) mass is 575 g/mol. The SMILES string of the molecule is CCOc1cc(CNCCc2ccc(Cl)cc2Cl)cc(Br)c1OCc1ccc(Cl)cc1Cl. The molecule has 0 radical (unpaired) electrons. The molecular weight excluding hydrogens is 556 g/mol. The Hall–Kier alpha value is -1.14. The third-order valence-corrected chi connectivity index (χ3v) is 6.43. The summed E-state index contributed by atoms with van der Waals surface area (Å²) in [6.45, 7) is 4.21. The number of hydrogen-bond donors (Lipinski definition) is 1. The highest BCUT2D eigenvalue weighted by molar-refractivity contribution is 9.10. The van der Waals surface area contributed by atoms with Crippen LogP contribution in [-0.4, -0.2) is 13.2 Å². The van der Waals surface area contributed by atoms with E-state index in [0.29, 0.717) is 51.3 Å². The zero-order valence-electron chi connectivity index (χ0n) is 17.4. The van der Waals surface area contributed by atoms with Crippen molar-refractivity contribution in [1.82, 2.24) is 5.32 Å². The third-order valence-electron chi connectivity index (χ3n) is 4.67. The Morgan fingerprint density at radius 2 is 1.50 bits per heavy atom. The largest absolute Gasteiger partial charge is 0.490 e. The molecule has 0 amide bonds. The maximum Gasteiger partial charge on any atom is 0.175 e. The van der Waals surface area contributed by atoms with Gasteiger partial charge in [0.05, 0.1) is 11.1 Å². The van der Waals surface area contributed by atoms with Crippen molar-refractivity contribution in [2.45, 2.75) is 26.5 Å². The van der Waals surface area contributed by atoms with Gasteiger partial charge in [-0.2, -0.15) is 0 Å². The van der Waals surface area contributed by atoms with Gasteiger partial charge in [0, 0.05) is 32.2 Å². The highest BCUT2D eigenvalue weighted by Gasteiger charge is 2.14. The summed E-state index contributed by atoms with van der Waals surface area (Å²) in [6, 6.07) is 14.9. The smallest absolute Gasteiger partial charge is 0.175 e. The van der Waals surface area contributed by atoms with Gasteiger partial charge in [-0.1, -0.05) is 58.5 Å². The molecule has 3 aromatic carbocycles. The van der Waals surface area contributed by atoms with Gasteiger partial charge in [0.25, 0.3) is 0 Å². The molecule has 3 aromatic rings. The first-order valence-electron chi connectivity index (χ1n) is 10.0. The van der Waals surface area contributed by atoms with Crippen LogP contribution < -0.4 is 14.8 Å². The predicted molar refractivity (Wildman–Crippen MR) is 138 cm³/mol. The molecule has 8 heteroatoms. The molecule has 0 saturated heterocycles. The molecule has 0 aliphatic carbocycles. The van der Waals surface area contributed by atoms with E-state index in [0.717, 1.165) is 34.1 Å². The fourth-order valence-electron chi connectivity index (χ4n) is 3.10. The summed E-state index contributed by atoms with van der Waals surface area (Å²) in [5, 5.41) is 5.91. The van der Waals surface area contributed by atoms with Crippen LogP contribution in [0.1, 0.15) is 23.6 Å². The van der Waals surface area contributed by atoms with Gasteiger partial charge in [-0.3, -0.25) is 0 Å². The molecule has 170 valence electrons. The van der Waals surface area contributed by atoms with Crippen molar-refractivity contribution in [2.75, 3.05) is 13.2 Å². The summed E-state index contributed by atoms with van der Waals surface area (Å²) in [7, 11) is 0. The highest BCUT2D eigenvalue weighted by atomic mass is 79.9. The zero-order valence-corrected chi connectivity index (χ0v) is 22.0. The third kappa shape index (κ3) is 7.18. The highest BCUT2D eigenvalue weighted by Crippen LogP contribution is 2.38. The van der Waals surface area contributed by atoms with Gasteiger partial charge in [-0.15, -0.1) is 0 Å². The molecule has 0 aromatic heterocycles. The Morgan fingerprint density at radius 1 is 0.844 bits per heavy atom. The van der Waals surface area contributed by atoms with Crippen molar-refractivity contribution in [1.29, 1.82) is 0 Å². The molecule has 0 saturated carbocycles. The summed E-state index contributed by atoms with van der Waals surface area (Å²) in [6.07, 6.45) is 0.804. The minimum Gasteiger partial charge on any atom is -0.490 e. The van der Waals surface area contributed by atoms with E-state index < -0.39 is 0 Å². The number of hydrogen-bond acceptors (Lipinski definition) is 3. The molecule has 0 heterocycles. The summed E-state index contributed by atoms with van der Waals surface area (Å²) >= 11 is 28.1. The zero-order chi connectivity index (χ0) is 23.1. The van der Waals surface area contributed by atoms with Crippen LogP contribution in [0.25, 0.3) is 0 Å². The van der Waals surface area contributed by atoms with E-state index in [4.69, 9.17) is 55.9 Å². The molecule has 0 aliphatic rings. The first-order chi connectivity index (χ1) is 15.4. The Balaban J connectivity index is 1.63. The van der Waals surface area contributed by atoms with Gasteiger partial charge >= 0.3 is 0 Å². The molecule has 32 heavy (non-hydrogen) atoms. The van der Waals surface area contributed by atoms with Gasteiger partial charge in [0.15, 0.2) is 11.5 Å². The summed E-state index contributed by atoms with van der Waals surface area (Å²) in [5.41, 5.74) is 2.97. The van der Waals surface area contributed by atoms with Gasteiger partial charge in [0.1, 0.15) is 6.61 Å². The number of benzene rings is 3. The van der Waals surface area contributed by atoms with Gasteiger partial charge in [0.2, 0.25) is 0 Å². The molecule has 0 unspecified atom stereocenters. The second kappa shape index (κ2) is 12.4. The fourth-order valence-corrected chi connectivity index (χ4v) is 4.67. The maximum absolute atomic E-state index is 6.26. The lowest BCUT2D eigenvalue weighted by atomic mass is 10.1. The standard InChI is InChI=1S/C24H22BrCl4NO2/c1-2-31-23-10-15(13-30-8-7-16-3-5-18(26)11-21(16)28)9-20(25)24(23)32-14-17-4-6-19(27)12-22(17)29/h3-6,9-12,30H,2,7-8,13-14H2,1H3. The molecule has 0 atom stereocenters. The van der Waals surface area contributed by atoms with Crippen molar-refractivity contribution in [3.8, 4) is 11.5 Å². The molecule has 0 spiro atoms. The summed E-state index contributed by atoms with van der Waals surface area (Å²) in [4.78, 5) is 0. The van der Waals surface area contributed by atoms with E-state index in [2.05, 4.69) is 21.2 Å². The van der Waals surface area contributed by atoms with Gasteiger partial charge in [-0.25, -0.2) is 0 Å². The van der Waals surface area contributed by atoms with Crippen LogP contribution in [0.4, 0.5) is 0 Å². The molecule has 1 N–H and O–H groups in total. The van der Waals surface area contributed by atoms with E-state index in [1.807, 2.05) is 37.3 Å². The average Bonchev–Trinajstić information content (AvgIpc) is 2.73. The fraction of sp³-hybridized carbons (Fsp3) is 0.250.